The summed E-state index contributed by atoms with van der Waals surface area (Å²) in [4.78, 5) is 74.2. The quantitative estimate of drug-likeness (QED) is 0.163. The number of aliphatic hydroxyl groups is 3. The van der Waals surface area contributed by atoms with Crippen LogP contribution in [0.4, 0.5) is 0 Å². The highest BCUT2D eigenvalue weighted by molar-refractivity contribution is 5.93. The third-order valence-corrected chi connectivity index (χ3v) is 11.5. The van der Waals surface area contributed by atoms with Crippen molar-refractivity contribution in [2.24, 2.45) is 34.5 Å². The van der Waals surface area contributed by atoms with Crippen LogP contribution >= 0.6 is 0 Å². The molecule has 13 heteroatoms. The molecule has 0 aromatic rings. The maximum atomic E-state index is 13.5. The molecule has 3 saturated carbocycles. The van der Waals surface area contributed by atoms with E-state index in [1.807, 2.05) is 6.92 Å². The predicted molar refractivity (Wildman–Crippen MR) is 162 cm³/mol. The summed E-state index contributed by atoms with van der Waals surface area (Å²) < 4.78 is 5.18. The number of carboxylic acids is 1. The summed E-state index contributed by atoms with van der Waals surface area (Å²) in [6.45, 7) is 5.71. The second-order valence-corrected chi connectivity index (χ2v) is 14.4. The molecule has 4 aliphatic carbocycles. The fourth-order valence-electron chi connectivity index (χ4n) is 8.93. The molecule has 0 aromatic carbocycles. The third kappa shape index (κ3) is 6.50. The number of ketones is 2. The minimum absolute atomic E-state index is 0.0282. The Morgan fingerprint density at radius 1 is 1.04 bits per heavy atom. The molecule has 256 valence electrons. The van der Waals surface area contributed by atoms with E-state index in [2.05, 4.69) is 17.6 Å². The van der Waals surface area contributed by atoms with Crippen molar-refractivity contribution in [3.05, 3.63) is 11.6 Å². The van der Waals surface area contributed by atoms with Gasteiger partial charge >= 0.3 is 11.9 Å². The van der Waals surface area contributed by atoms with Gasteiger partial charge in [0.05, 0.1) is 19.1 Å². The molecule has 2 amide bonds. The molecule has 0 aliphatic heterocycles. The van der Waals surface area contributed by atoms with Gasteiger partial charge in [0.2, 0.25) is 17.6 Å². The Balaban J connectivity index is 1.33. The largest absolute Gasteiger partial charge is 0.480 e. The number of hydrogen-bond acceptors (Lipinski definition) is 10. The number of allylic oxidation sites excluding steroid dienone is 1. The van der Waals surface area contributed by atoms with Crippen LogP contribution in [0.5, 0.6) is 0 Å². The van der Waals surface area contributed by atoms with Crippen molar-refractivity contribution in [3.63, 3.8) is 0 Å². The van der Waals surface area contributed by atoms with Crippen LogP contribution in [0.3, 0.4) is 0 Å². The van der Waals surface area contributed by atoms with Gasteiger partial charge in [0.15, 0.2) is 12.4 Å². The molecule has 0 radical (unpaired) electrons. The molecule has 4 aliphatic rings. The molecule has 46 heavy (non-hydrogen) atoms. The van der Waals surface area contributed by atoms with Crippen LogP contribution in [0.2, 0.25) is 0 Å². The number of carbonyl (C=O) groups excluding carboxylic acids is 5. The van der Waals surface area contributed by atoms with Crippen molar-refractivity contribution in [2.45, 2.75) is 109 Å². The van der Waals surface area contributed by atoms with E-state index >= 15 is 0 Å². The van der Waals surface area contributed by atoms with Crippen LogP contribution in [0.1, 0.15) is 85.5 Å². The number of carboxylic acid groups (broad SMARTS) is 1. The van der Waals surface area contributed by atoms with Crippen LogP contribution in [0.25, 0.3) is 0 Å². The minimum atomic E-state index is -1.80. The molecule has 0 saturated heterocycles. The number of amides is 2. The first-order chi connectivity index (χ1) is 21.5. The second kappa shape index (κ2) is 13.5. The monoisotopic (exact) mass is 648 g/mol. The van der Waals surface area contributed by atoms with Crippen LogP contribution in [-0.2, 0) is 33.5 Å². The number of esters is 1. The Bertz CT molecular complexity index is 1300. The van der Waals surface area contributed by atoms with Crippen molar-refractivity contribution in [1.29, 1.82) is 0 Å². The Labute approximate surface area is 268 Å². The van der Waals surface area contributed by atoms with E-state index in [0.717, 1.165) is 18.4 Å². The minimum Gasteiger partial charge on any atom is -0.480 e. The average molecular weight is 649 g/mol. The van der Waals surface area contributed by atoms with Crippen LogP contribution in [0, 0.1) is 34.5 Å². The number of Topliss-reactive ketones (excluding diaryl/α,β-unsaturated/α-hetero) is 1. The van der Waals surface area contributed by atoms with Crippen molar-refractivity contribution >= 4 is 35.3 Å². The summed E-state index contributed by atoms with van der Waals surface area (Å²) in [6.07, 6.45) is 3.81. The number of fused-ring (bicyclic) bond motifs is 5. The lowest BCUT2D eigenvalue weighted by Crippen LogP contribution is -2.62. The van der Waals surface area contributed by atoms with Gasteiger partial charge < -0.3 is 35.8 Å². The van der Waals surface area contributed by atoms with Gasteiger partial charge in [0.1, 0.15) is 17.7 Å². The molecule has 0 spiro atoms. The van der Waals surface area contributed by atoms with Gasteiger partial charge in [0.25, 0.3) is 0 Å². The van der Waals surface area contributed by atoms with E-state index in [0.29, 0.717) is 19.3 Å². The molecule has 13 nitrogen and oxygen atoms in total. The highest BCUT2D eigenvalue weighted by atomic mass is 16.5. The molecular formula is C33H48N2O11. The highest BCUT2D eigenvalue weighted by Crippen LogP contribution is 2.67. The number of nitrogens with one attached hydrogen (secondary N) is 2. The van der Waals surface area contributed by atoms with Crippen molar-refractivity contribution in [1.82, 2.24) is 10.6 Å². The van der Waals surface area contributed by atoms with Crippen molar-refractivity contribution < 1.29 is 53.9 Å². The first-order valence-electron chi connectivity index (χ1n) is 16.2. The van der Waals surface area contributed by atoms with Gasteiger partial charge in [-0.1, -0.05) is 33.3 Å². The van der Waals surface area contributed by atoms with E-state index in [1.54, 1.807) is 19.9 Å². The zero-order chi connectivity index (χ0) is 34.2. The lowest BCUT2D eigenvalue weighted by atomic mass is 9.45. The number of aliphatic hydroxyl groups excluding tert-OH is 2. The second-order valence-electron chi connectivity index (χ2n) is 14.4. The van der Waals surface area contributed by atoms with E-state index < -0.39 is 84.3 Å². The summed E-state index contributed by atoms with van der Waals surface area (Å²) in [6, 6.07) is -2.66. The fraction of sp³-hybridized carbons (Fsp3) is 0.758. The van der Waals surface area contributed by atoms with Gasteiger partial charge in [-0.3, -0.25) is 24.0 Å². The summed E-state index contributed by atoms with van der Waals surface area (Å²) in [5.41, 5.74) is -1.94. The van der Waals surface area contributed by atoms with Crippen molar-refractivity contribution in [3.8, 4) is 0 Å². The Kier molecular flexibility index (Phi) is 10.5. The zero-order valence-electron chi connectivity index (χ0n) is 27.0. The number of rotatable bonds is 12. The Hall–Kier alpha value is -3.16. The normalized spacial score (nSPS) is 34.7. The van der Waals surface area contributed by atoms with E-state index in [1.165, 1.54) is 0 Å². The standard InChI is InChI=1S/C33H48N2O11/c1-17(2)28(29(42)34-22(15-36)30(43)44)35-25(40)7-8-26(41)46-16-24(39)33(45)12-10-21-20-6-5-18-13-19(37)9-11-31(18,3)27(20)23(38)14-32(21,33)4/h13,17,20-23,27-28,36,38,45H,5-12,14-16H2,1-4H3,(H,34,42)(H,35,40)(H,43,44)/t20-,21-,22+,23+,27+,28+,31-,32-,33-/m0/s1. The zero-order valence-corrected chi connectivity index (χ0v) is 27.0. The molecule has 0 aromatic heterocycles. The van der Waals surface area contributed by atoms with Crippen LogP contribution in [0.15, 0.2) is 11.6 Å². The SMILES string of the molecule is CC(C)[C@@H](NC(=O)CCC(=O)OCC(=O)[C@@]1(O)CC[C@H]2[C@@H]3CCC4=CC(=O)CC[C@]4(C)[C@H]3[C@H](O)C[C@@]21C)C(=O)N[C@H](CO)C(=O)O. The van der Waals surface area contributed by atoms with Gasteiger partial charge in [0, 0.05) is 18.3 Å². The van der Waals surface area contributed by atoms with E-state index in [4.69, 9.17) is 14.9 Å². The molecule has 0 bridgehead atoms. The van der Waals surface area contributed by atoms with Gasteiger partial charge in [-0.15, -0.1) is 0 Å². The average Bonchev–Trinajstić information content (AvgIpc) is 3.26. The number of ether oxygens (including phenoxy) is 1. The van der Waals surface area contributed by atoms with Crippen LogP contribution < -0.4 is 10.6 Å². The highest BCUT2D eigenvalue weighted by Gasteiger charge is 2.68. The van der Waals surface area contributed by atoms with Crippen molar-refractivity contribution in [2.75, 3.05) is 13.2 Å². The number of carbonyl (C=O) groups is 6. The third-order valence-electron chi connectivity index (χ3n) is 11.5. The van der Waals surface area contributed by atoms with E-state index in [9.17, 15) is 39.0 Å². The predicted octanol–water partition coefficient (Wildman–Crippen LogP) is 0.815. The summed E-state index contributed by atoms with van der Waals surface area (Å²) in [5.74, 6) is -4.76. The summed E-state index contributed by atoms with van der Waals surface area (Å²) in [7, 11) is 0. The maximum Gasteiger partial charge on any atom is 0.328 e. The Morgan fingerprint density at radius 2 is 1.74 bits per heavy atom. The molecule has 6 N–H and O–H groups in total. The smallest absolute Gasteiger partial charge is 0.328 e. The molecule has 0 unspecified atom stereocenters. The number of aliphatic carboxylic acids is 1. The molecule has 0 heterocycles. The van der Waals surface area contributed by atoms with Gasteiger partial charge in [-0.05, 0) is 73.7 Å². The fourth-order valence-corrected chi connectivity index (χ4v) is 8.93. The molecule has 4 rings (SSSR count). The van der Waals surface area contributed by atoms with Crippen LogP contribution in [-0.4, -0.2) is 92.7 Å². The number of hydrogen-bond donors (Lipinski definition) is 6. The first kappa shape index (κ1) is 35.7. The Morgan fingerprint density at radius 3 is 2.37 bits per heavy atom. The summed E-state index contributed by atoms with van der Waals surface area (Å²) >= 11 is 0. The maximum absolute atomic E-state index is 13.5. The van der Waals surface area contributed by atoms with E-state index in [-0.39, 0.29) is 48.2 Å². The van der Waals surface area contributed by atoms with Gasteiger partial charge in [-0.25, -0.2) is 4.79 Å². The first-order valence-corrected chi connectivity index (χ1v) is 16.2. The summed E-state index contributed by atoms with van der Waals surface area (Å²) in [5, 5.41) is 46.2. The van der Waals surface area contributed by atoms with Gasteiger partial charge in [-0.2, -0.15) is 0 Å². The lowest BCUT2D eigenvalue weighted by molar-refractivity contribution is -0.184. The molecule has 9 atom stereocenters. The molecule has 3 fully saturated rings. The topological polar surface area (TPSA) is 217 Å². The molecular weight excluding hydrogens is 600 g/mol. The lowest BCUT2D eigenvalue weighted by Gasteiger charge is -2.60.